The number of nitrogens with zero attached hydrogens (tertiary/aromatic N) is 3. The summed E-state index contributed by atoms with van der Waals surface area (Å²) in [6.07, 6.45) is 3.95. The van der Waals surface area contributed by atoms with Gasteiger partial charge in [-0.05, 0) is 50.1 Å². The number of halogens is 2. The fraction of sp³-hybridized carbons (Fsp3) is 0.391. The Kier molecular flexibility index (Phi) is 8.25. The largest absolute Gasteiger partial charge is 0.459 e. The summed E-state index contributed by atoms with van der Waals surface area (Å²) in [7, 11) is 1.77. The van der Waals surface area contributed by atoms with Gasteiger partial charge in [0.05, 0.1) is 12.2 Å². The number of furan rings is 1. The number of guanidine groups is 1. The van der Waals surface area contributed by atoms with Gasteiger partial charge in [-0.25, -0.2) is 4.39 Å². The molecule has 166 valence electrons. The maximum Gasteiger partial charge on any atom is 0.191 e. The number of nitrogens with one attached hydrogen (secondary N) is 2. The number of hydrogen-bond donors (Lipinski definition) is 2. The summed E-state index contributed by atoms with van der Waals surface area (Å²) < 4.78 is 19.4. The van der Waals surface area contributed by atoms with Gasteiger partial charge >= 0.3 is 0 Å². The molecular weight excluding hydrogens is 508 g/mol. The molecule has 6 nitrogen and oxygen atoms in total. The van der Waals surface area contributed by atoms with Gasteiger partial charge in [-0.1, -0.05) is 6.07 Å². The molecule has 8 heteroatoms. The lowest BCUT2D eigenvalue weighted by Gasteiger charge is -2.32. The molecular formula is C23H29FIN5O. The number of pyridine rings is 1. The quantitative estimate of drug-likeness (QED) is 0.290. The van der Waals surface area contributed by atoms with Gasteiger partial charge in [0, 0.05) is 49.9 Å². The van der Waals surface area contributed by atoms with Gasteiger partial charge in [0.15, 0.2) is 5.96 Å². The van der Waals surface area contributed by atoms with E-state index >= 15 is 0 Å². The second kappa shape index (κ2) is 10.9. The van der Waals surface area contributed by atoms with E-state index in [1.54, 1.807) is 13.1 Å². The molecule has 0 bridgehead atoms. The van der Waals surface area contributed by atoms with E-state index in [0.717, 1.165) is 60.8 Å². The van der Waals surface area contributed by atoms with Crippen LogP contribution in [0.1, 0.15) is 29.9 Å². The molecule has 1 aliphatic heterocycles. The zero-order valence-electron chi connectivity index (χ0n) is 17.9. The first-order valence-electron chi connectivity index (χ1n) is 10.4. The molecule has 1 saturated heterocycles. The Labute approximate surface area is 199 Å². The lowest BCUT2D eigenvalue weighted by Crippen LogP contribution is -2.48. The molecule has 0 amide bonds. The molecule has 0 unspecified atom stereocenters. The monoisotopic (exact) mass is 537 g/mol. The van der Waals surface area contributed by atoms with Gasteiger partial charge in [0.2, 0.25) is 0 Å². The maximum absolute atomic E-state index is 13.5. The van der Waals surface area contributed by atoms with Crippen LogP contribution >= 0.6 is 24.0 Å². The van der Waals surface area contributed by atoms with E-state index in [1.165, 1.54) is 12.1 Å². The van der Waals surface area contributed by atoms with Gasteiger partial charge in [-0.15, -0.1) is 24.0 Å². The number of aromatic nitrogens is 1. The van der Waals surface area contributed by atoms with Gasteiger partial charge in [-0.2, -0.15) is 0 Å². The Morgan fingerprint density at radius 3 is 2.77 bits per heavy atom. The summed E-state index contributed by atoms with van der Waals surface area (Å²) in [6.45, 7) is 5.40. The number of piperidine rings is 1. The van der Waals surface area contributed by atoms with E-state index in [9.17, 15) is 4.39 Å². The highest BCUT2D eigenvalue weighted by molar-refractivity contribution is 14.0. The van der Waals surface area contributed by atoms with Crippen molar-refractivity contribution >= 4 is 40.9 Å². The third-order valence-electron chi connectivity index (χ3n) is 5.68. The van der Waals surface area contributed by atoms with E-state index in [1.807, 2.05) is 25.3 Å². The Hall–Kier alpha value is -2.20. The van der Waals surface area contributed by atoms with Crippen LogP contribution in [0.25, 0.3) is 11.0 Å². The van der Waals surface area contributed by atoms with Gasteiger partial charge in [-0.3, -0.25) is 14.9 Å². The standard InChI is InChI=1S/C23H28FN5O.HI/c1-16-20-13-17(24)6-7-21(20)30-22(16)14-27-23(25-2)28-18-8-11-29(12-9-18)15-19-5-3-4-10-26-19;/h3-7,10,13,18H,8-9,11-12,14-15H2,1-2H3,(H2,25,27,28);1H. The third-order valence-corrected chi connectivity index (χ3v) is 5.68. The van der Waals surface area contributed by atoms with Gasteiger partial charge < -0.3 is 15.1 Å². The first-order valence-corrected chi connectivity index (χ1v) is 10.4. The van der Waals surface area contributed by atoms with Crippen LogP contribution < -0.4 is 10.6 Å². The smallest absolute Gasteiger partial charge is 0.191 e. The number of likely N-dealkylation sites (tertiary alicyclic amines) is 1. The predicted octanol–water partition coefficient (Wildman–Crippen LogP) is 4.22. The summed E-state index contributed by atoms with van der Waals surface area (Å²) in [5.74, 6) is 1.30. The number of benzene rings is 1. The van der Waals surface area contributed by atoms with E-state index < -0.39 is 0 Å². The Balaban J connectivity index is 0.00000272. The van der Waals surface area contributed by atoms with Crippen LogP contribution in [0.5, 0.6) is 0 Å². The summed E-state index contributed by atoms with van der Waals surface area (Å²) >= 11 is 0. The van der Waals surface area contributed by atoms with Crippen LogP contribution in [0, 0.1) is 12.7 Å². The van der Waals surface area contributed by atoms with Crippen molar-refractivity contribution in [2.75, 3.05) is 20.1 Å². The normalized spacial score (nSPS) is 15.6. The molecule has 31 heavy (non-hydrogen) atoms. The molecule has 0 aliphatic carbocycles. The highest BCUT2D eigenvalue weighted by Gasteiger charge is 2.20. The van der Waals surface area contributed by atoms with Crippen molar-refractivity contribution in [2.45, 2.75) is 38.9 Å². The number of aliphatic imine (C=N–C) groups is 1. The number of rotatable bonds is 5. The van der Waals surface area contributed by atoms with Crippen molar-refractivity contribution in [3.63, 3.8) is 0 Å². The highest BCUT2D eigenvalue weighted by Crippen LogP contribution is 2.25. The van der Waals surface area contributed by atoms with E-state index in [4.69, 9.17) is 4.42 Å². The van der Waals surface area contributed by atoms with Crippen LogP contribution in [-0.4, -0.2) is 42.0 Å². The van der Waals surface area contributed by atoms with Crippen molar-refractivity contribution in [3.8, 4) is 0 Å². The summed E-state index contributed by atoms with van der Waals surface area (Å²) in [5, 5.41) is 7.66. The molecule has 2 aromatic heterocycles. The average molecular weight is 537 g/mol. The lowest BCUT2D eigenvalue weighted by molar-refractivity contribution is 0.196. The van der Waals surface area contributed by atoms with Crippen LogP contribution in [0.15, 0.2) is 52.0 Å². The molecule has 3 aromatic rings. The van der Waals surface area contributed by atoms with Crippen LogP contribution in [0.3, 0.4) is 0 Å². The van der Waals surface area contributed by atoms with E-state index in [-0.39, 0.29) is 29.8 Å². The first kappa shape index (κ1) is 23.5. The molecule has 4 rings (SSSR count). The second-order valence-corrected chi connectivity index (χ2v) is 7.73. The third kappa shape index (κ3) is 5.94. The maximum atomic E-state index is 13.5. The van der Waals surface area contributed by atoms with Crippen LogP contribution in [0.2, 0.25) is 0 Å². The molecule has 0 radical (unpaired) electrons. The zero-order valence-corrected chi connectivity index (χ0v) is 20.2. The molecule has 1 aliphatic rings. The molecule has 1 aromatic carbocycles. The fourth-order valence-electron chi connectivity index (χ4n) is 3.92. The summed E-state index contributed by atoms with van der Waals surface area (Å²) in [4.78, 5) is 11.2. The summed E-state index contributed by atoms with van der Waals surface area (Å²) in [5.41, 5.74) is 2.77. The minimum Gasteiger partial charge on any atom is -0.459 e. The molecule has 3 heterocycles. The fourth-order valence-corrected chi connectivity index (χ4v) is 3.92. The topological polar surface area (TPSA) is 65.7 Å². The Morgan fingerprint density at radius 1 is 1.26 bits per heavy atom. The van der Waals surface area contributed by atoms with E-state index in [0.29, 0.717) is 18.2 Å². The average Bonchev–Trinajstić information content (AvgIpc) is 3.08. The highest BCUT2D eigenvalue weighted by atomic mass is 127. The Bertz CT molecular complexity index is 1020. The SMILES string of the molecule is CN=C(NCc1oc2ccc(F)cc2c1C)NC1CCN(Cc2ccccn2)CC1.I. The van der Waals surface area contributed by atoms with Crippen molar-refractivity contribution in [1.82, 2.24) is 20.5 Å². The second-order valence-electron chi connectivity index (χ2n) is 7.73. The van der Waals surface area contributed by atoms with Crippen molar-refractivity contribution < 1.29 is 8.81 Å². The number of fused-ring (bicyclic) bond motifs is 1. The lowest BCUT2D eigenvalue weighted by atomic mass is 10.0. The Morgan fingerprint density at radius 2 is 2.06 bits per heavy atom. The van der Waals surface area contributed by atoms with E-state index in [2.05, 4.69) is 31.6 Å². The predicted molar refractivity (Wildman–Crippen MR) is 132 cm³/mol. The van der Waals surface area contributed by atoms with Crippen molar-refractivity contribution in [1.29, 1.82) is 0 Å². The van der Waals surface area contributed by atoms with Crippen molar-refractivity contribution in [2.24, 2.45) is 4.99 Å². The minimum atomic E-state index is -0.252. The number of hydrogen-bond acceptors (Lipinski definition) is 4. The van der Waals surface area contributed by atoms with Crippen LogP contribution in [0.4, 0.5) is 4.39 Å². The minimum absolute atomic E-state index is 0. The summed E-state index contributed by atoms with van der Waals surface area (Å²) in [6, 6.07) is 11.0. The number of aryl methyl sites for hydroxylation is 1. The molecule has 0 spiro atoms. The molecule has 0 saturated carbocycles. The first-order chi connectivity index (χ1) is 14.6. The van der Waals surface area contributed by atoms with Crippen molar-refractivity contribution in [3.05, 3.63) is 65.4 Å². The van der Waals surface area contributed by atoms with Crippen LogP contribution in [-0.2, 0) is 13.1 Å². The zero-order chi connectivity index (χ0) is 20.9. The molecule has 2 N–H and O–H groups in total. The van der Waals surface area contributed by atoms with Gasteiger partial charge in [0.25, 0.3) is 0 Å². The molecule has 0 atom stereocenters. The van der Waals surface area contributed by atoms with Gasteiger partial charge in [0.1, 0.15) is 17.2 Å². The molecule has 1 fully saturated rings.